The highest BCUT2D eigenvalue weighted by atomic mass is 16.1. The zero-order chi connectivity index (χ0) is 12.0. The average Bonchev–Trinajstić information content (AvgIpc) is 2.73. The van der Waals surface area contributed by atoms with Crippen LogP contribution < -0.4 is 5.73 Å². The molecule has 1 unspecified atom stereocenters. The number of nitrogens with two attached hydrogens (primary N) is 1. The van der Waals surface area contributed by atoms with Gasteiger partial charge < -0.3 is 5.73 Å². The summed E-state index contributed by atoms with van der Waals surface area (Å²) in [5.74, 6) is 1.24. The van der Waals surface area contributed by atoms with Crippen LogP contribution in [0.1, 0.15) is 32.5 Å². The quantitative estimate of drug-likeness (QED) is 0.743. The molecular weight excluding hydrogens is 204 g/mol. The highest BCUT2D eigenvalue weighted by molar-refractivity contribution is 5.80. The van der Waals surface area contributed by atoms with Crippen LogP contribution in [0.25, 0.3) is 0 Å². The minimum Gasteiger partial charge on any atom is -0.330 e. The minimum absolute atomic E-state index is 0.194. The first kappa shape index (κ1) is 12.8. The molecule has 1 aromatic heterocycles. The molecule has 1 rings (SSSR count). The molecule has 0 aromatic carbocycles. The van der Waals surface area contributed by atoms with E-state index in [1.54, 1.807) is 4.68 Å². The monoisotopic (exact) mass is 224 g/mol. The highest BCUT2D eigenvalue weighted by Gasteiger charge is 2.13. The predicted molar refractivity (Wildman–Crippen MR) is 61.9 cm³/mol. The fraction of sp³-hybridized carbons (Fsp3) is 0.727. The van der Waals surface area contributed by atoms with Crippen LogP contribution in [-0.4, -0.2) is 27.1 Å². The molecule has 1 aromatic rings. The van der Waals surface area contributed by atoms with E-state index >= 15 is 0 Å². The van der Waals surface area contributed by atoms with Gasteiger partial charge in [-0.15, -0.1) is 0 Å². The molecule has 0 aliphatic heterocycles. The zero-order valence-corrected chi connectivity index (χ0v) is 10.0. The number of nitrogens with zero attached hydrogens (tertiary/aromatic N) is 3. The summed E-state index contributed by atoms with van der Waals surface area (Å²) in [4.78, 5) is 15.9. The fourth-order valence-corrected chi connectivity index (χ4v) is 1.65. The maximum absolute atomic E-state index is 11.8. The number of carbonyl (C=O) groups is 1. The third kappa shape index (κ3) is 3.41. The van der Waals surface area contributed by atoms with Gasteiger partial charge in [0.2, 0.25) is 0 Å². The Balaban J connectivity index is 2.51. The number of carbonyl (C=O) groups excluding carboxylic acids is 1. The van der Waals surface area contributed by atoms with Gasteiger partial charge in [-0.1, -0.05) is 13.3 Å². The van der Waals surface area contributed by atoms with Gasteiger partial charge in [-0.05, 0) is 19.4 Å². The van der Waals surface area contributed by atoms with Gasteiger partial charge in [0.05, 0.1) is 6.42 Å². The van der Waals surface area contributed by atoms with Crippen molar-refractivity contribution in [3.05, 3.63) is 12.2 Å². The lowest BCUT2D eigenvalue weighted by molar-refractivity contribution is -0.119. The number of hydrogen-bond acceptors (Lipinski definition) is 4. The van der Waals surface area contributed by atoms with Crippen molar-refractivity contribution in [2.24, 2.45) is 11.7 Å². The molecule has 0 spiro atoms. The van der Waals surface area contributed by atoms with Gasteiger partial charge in [-0.3, -0.25) is 4.79 Å². The molecule has 0 fully saturated rings. The van der Waals surface area contributed by atoms with Gasteiger partial charge in [0.25, 0.3) is 0 Å². The molecule has 0 saturated heterocycles. The zero-order valence-electron chi connectivity index (χ0n) is 10.0. The van der Waals surface area contributed by atoms with Crippen LogP contribution in [0.3, 0.4) is 0 Å². The van der Waals surface area contributed by atoms with Crippen LogP contribution in [-0.2, 0) is 17.8 Å². The number of ketones is 1. The van der Waals surface area contributed by atoms with E-state index in [9.17, 15) is 4.79 Å². The van der Waals surface area contributed by atoms with E-state index in [4.69, 9.17) is 5.73 Å². The summed E-state index contributed by atoms with van der Waals surface area (Å²) >= 11 is 0. The Bertz CT molecular complexity index is 330. The van der Waals surface area contributed by atoms with E-state index in [2.05, 4.69) is 17.0 Å². The van der Waals surface area contributed by atoms with Crippen molar-refractivity contribution in [2.45, 2.75) is 39.7 Å². The minimum atomic E-state index is 0.194. The first-order valence-corrected chi connectivity index (χ1v) is 5.79. The lowest BCUT2D eigenvalue weighted by Gasteiger charge is -2.10. The number of aromatic nitrogens is 3. The van der Waals surface area contributed by atoms with Crippen LogP contribution >= 0.6 is 0 Å². The second-order valence-corrected chi connectivity index (χ2v) is 3.92. The Morgan fingerprint density at radius 2 is 2.31 bits per heavy atom. The molecule has 1 atom stereocenters. The van der Waals surface area contributed by atoms with E-state index in [0.717, 1.165) is 18.8 Å². The van der Waals surface area contributed by atoms with Gasteiger partial charge in [-0.25, -0.2) is 9.67 Å². The van der Waals surface area contributed by atoms with E-state index in [-0.39, 0.29) is 5.78 Å². The van der Waals surface area contributed by atoms with Gasteiger partial charge in [0.1, 0.15) is 17.9 Å². The Labute approximate surface area is 96.0 Å². The van der Waals surface area contributed by atoms with Crippen LogP contribution in [0.4, 0.5) is 0 Å². The van der Waals surface area contributed by atoms with Crippen LogP contribution in [0.5, 0.6) is 0 Å². The van der Waals surface area contributed by atoms with Gasteiger partial charge in [0.15, 0.2) is 0 Å². The third-order valence-electron chi connectivity index (χ3n) is 2.78. The van der Waals surface area contributed by atoms with Crippen LogP contribution in [0.2, 0.25) is 0 Å². The Kier molecular flexibility index (Phi) is 5.11. The largest absolute Gasteiger partial charge is 0.330 e. The molecule has 2 N–H and O–H groups in total. The van der Waals surface area contributed by atoms with E-state index in [0.29, 0.717) is 25.3 Å². The summed E-state index contributed by atoms with van der Waals surface area (Å²) in [6.45, 7) is 5.36. The standard InChI is InChI=1S/C11H20N4O/c1-3-9(7-12)5-10(16)6-11-13-8-14-15(11)4-2/h8-9H,3-7,12H2,1-2H3. The first-order valence-electron chi connectivity index (χ1n) is 5.79. The maximum atomic E-state index is 11.8. The summed E-state index contributed by atoms with van der Waals surface area (Å²) in [7, 11) is 0. The van der Waals surface area contributed by atoms with Crippen molar-refractivity contribution >= 4 is 5.78 Å². The van der Waals surface area contributed by atoms with Crippen molar-refractivity contribution in [3.8, 4) is 0 Å². The summed E-state index contributed by atoms with van der Waals surface area (Å²) in [6.07, 6.45) is 3.35. The molecule has 0 amide bonds. The van der Waals surface area contributed by atoms with Gasteiger partial charge in [-0.2, -0.15) is 5.10 Å². The van der Waals surface area contributed by atoms with Crippen molar-refractivity contribution in [3.63, 3.8) is 0 Å². The molecule has 16 heavy (non-hydrogen) atoms. The van der Waals surface area contributed by atoms with Crippen molar-refractivity contribution < 1.29 is 4.79 Å². The normalized spacial score (nSPS) is 12.7. The van der Waals surface area contributed by atoms with Gasteiger partial charge in [0, 0.05) is 13.0 Å². The number of rotatable bonds is 7. The summed E-state index contributed by atoms with van der Waals surface area (Å²) < 4.78 is 1.75. The molecule has 5 nitrogen and oxygen atoms in total. The predicted octanol–water partition coefficient (Wildman–Crippen LogP) is 0.785. The van der Waals surface area contributed by atoms with E-state index in [1.165, 1.54) is 6.33 Å². The molecule has 0 saturated carbocycles. The average molecular weight is 224 g/mol. The van der Waals surface area contributed by atoms with Crippen LogP contribution in [0, 0.1) is 5.92 Å². The molecule has 5 heteroatoms. The van der Waals surface area contributed by atoms with Crippen LogP contribution in [0.15, 0.2) is 6.33 Å². The molecule has 1 heterocycles. The Morgan fingerprint density at radius 1 is 1.56 bits per heavy atom. The fourth-order valence-electron chi connectivity index (χ4n) is 1.65. The number of hydrogen-bond donors (Lipinski definition) is 1. The molecule has 0 aliphatic rings. The molecule has 0 bridgehead atoms. The third-order valence-corrected chi connectivity index (χ3v) is 2.78. The molecule has 90 valence electrons. The molecular formula is C11H20N4O. The lowest BCUT2D eigenvalue weighted by Crippen LogP contribution is -2.19. The lowest BCUT2D eigenvalue weighted by atomic mass is 9.98. The second-order valence-electron chi connectivity index (χ2n) is 3.92. The Morgan fingerprint density at radius 3 is 2.88 bits per heavy atom. The molecule has 0 aliphatic carbocycles. The van der Waals surface area contributed by atoms with E-state index in [1.807, 2.05) is 6.92 Å². The second kappa shape index (κ2) is 6.37. The van der Waals surface area contributed by atoms with Gasteiger partial charge >= 0.3 is 0 Å². The summed E-state index contributed by atoms with van der Waals surface area (Å²) in [6, 6.07) is 0. The maximum Gasteiger partial charge on any atom is 0.140 e. The summed E-state index contributed by atoms with van der Waals surface area (Å²) in [5, 5.41) is 4.04. The topological polar surface area (TPSA) is 73.8 Å². The van der Waals surface area contributed by atoms with Crippen molar-refractivity contribution in [1.82, 2.24) is 14.8 Å². The highest BCUT2D eigenvalue weighted by Crippen LogP contribution is 2.09. The van der Waals surface area contributed by atoms with E-state index < -0.39 is 0 Å². The smallest absolute Gasteiger partial charge is 0.140 e. The number of Topliss-reactive ketones (excluding diaryl/α,β-unsaturated/α-hetero) is 1. The van der Waals surface area contributed by atoms with Crippen molar-refractivity contribution in [1.29, 1.82) is 0 Å². The van der Waals surface area contributed by atoms with Crippen molar-refractivity contribution in [2.75, 3.05) is 6.54 Å². The number of aryl methyl sites for hydroxylation is 1. The molecule has 0 radical (unpaired) electrons. The Hall–Kier alpha value is -1.23. The SMILES string of the molecule is CCC(CN)CC(=O)Cc1ncnn1CC. The first-order chi connectivity index (χ1) is 7.71. The summed E-state index contributed by atoms with van der Waals surface area (Å²) in [5.41, 5.74) is 5.58.